The molecule has 0 aromatic rings. The number of hydrogen-bond donors (Lipinski definition) is 2. The van der Waals surface area contributed by atoms with Gasteiger partial charge in [0.25, 0.3) is 6.43 Å². The lowest BCUT2D eigenvalue weighted by atomic mass is 9.96. The Bertz CT molecular complexity index is 140. The highest BCUT2D eigenvalue weighted by molar-refractivity contribution is 4.72. The molecule has 14 heavy (non-hydrogen) atoms. The number of nitrogens with one attached hydrogen (secondary N) is 1. The van der Waals surface area contributed by atoms with Crippen molar-refractivity contribution >= 4 is 0 Å². The van der Waals surface area contributed by atoms with E-state index < -0.39 is 18.6 Å². The summed E-state index contributed by atoms with van der Waals surface area (Å²) in [5, 5.41) is 12.3. The van der Waals surface area contributed by atoms with Gasteiger partial charge in [0.15, 0.2) is 0 Å². The molecule has 0 saturated heterocycles. The topological polar surface area (TPSA) is 32.3 Å². The van der Waals surface area contributed by atoms with Crippen LogP contribution < -0.4 is 5.32 Å². The molecule has 0 spiro atoms. The highest BCUT2D eigenvalue weighted by Gasteiger charge is 2.19. The molecular weight excluding hydrogens is 188 g/mol. The van der Waals surface area contributed by atoms with Crippen molar-refractivity contribution < 1.29 is 13.9 Å². The van der Waals surface area contributed by atoms with Gasteiger partial charge in [-0.2, -0.15) is 0 Å². The molecule has 0 radical (unpaired) electrons. The molecule has 0 aliphatic heterocycles. The first-order chi connectivity index (χ1) is 6.52. The predicted octanol–water partition coefficient (Wildman–Crippen LogP) is 2.03. The summed E-state index contributed by atoms with van der Waals surface area (Å²) in [5.41, 5.74) is 0. The summed E-state index contributed by atoms with van der Waals surface area (Å²) < 4.78 is 24.2. The van der Waals surface area contributed by atoms with Crippen LogP contribution in [0.15, 0.2) is 0 Å². The van der Waals surface area contributed by atoms with Gasteiger partial charge in [0.1, 0.15) is 0 Å². The molecule has 2 unspecified atom stereocenters. The number of hydrogen-bond acceptors (Lipinski definition) is 2. The minimum Gasteiger partial charge on any atom is -0.392 e. The zero-order chi connectivity index (χ0) is 11.1. The number of halogens is 2. The van der Waals surface area contributed by atoms with E-state index in [-0.39, 0.29) is 12.5 Å². The molecule has 0 aromatic heterocycles. The largest absolute Gasteiger partial charge is 0.392 e. The minimum atomic E-state index is -2.37. The van der Waals surface area contributed by atoms with Crippen molar-refractivity contribution in [3.8, 4) is 0 Å². The fourth-order valence-electron chi connectivity index (χ4n) is 1.40. The van der Waals surface area contributed by atoms with Crippen LogP contribution in [0, 0.1) is 5.92 Å². The Labute approximate surface area is 84.7 Å². The van der Waals surface area contributed by atoms with E-state index in [4.69, 9.17) is 0 Å². The van der Waals surface area contributed by atoms with Gasteiger partial charge >= 0.3 is 0 Å². The molecule has 0 heterocycles. The molecule has 4 heteroatoms. The molecule has 0 rings (SSSR count). The van der Waals surface area contributed by atoms with E-state index in [1.807, 2.05) is 13.8 Å². The van der Waals surface area contributed by atoms with Crippen LogP contribution in [-0.4, -0.2) is 30.2 Å². The van der Waals surface area contributed by atoms with Crippen LogP contribution in [0.25, 0.3) is 0 Å². The predicted molar refractivity (Wildman–Crippen MR) is 53.5 cm³/mol. The molecule has 0 aromatic carbocycles. The second kappa shape index (κ2) is 7.12. The molecule has 0 bridgehead atoms. The van der Waals surface area contributed by atoms with E-state index >= 15 is 0 Å². The van der Waals surface area contributed by atoms with Crippen LogP contribution in [0.2, 0.25) is 0 Å². The van der Waals surface area contributed by atoms with Crippen molar-refractivity contribution in [3.63, 3.8) is 0 Å². The Morgan fingerprint density at radius 3 is 2.07 bits per heavy atom. The third-order valence-electron chi connectivity index (χ3n) is 2.62. The third kappa shape index (κ3) is 4.86. The van der Waals surface area contributed by atoms with Gasteiger partial charge in [-0.3, -0.25) is 0 Å². The maximum absolute atomic E-state index is 12.1. The summed E-state index contributed by atoms with van der Waals surface area (Å²) in [6.45, 7) is 5.66. The maximum atomic E-state index is 12.1. The number of rotatable bonds is 7. The maximum Gasteiger partial charge on any atom is 0.253 e. The van der Waals surface area contributed by atoms with Crippen LogP contribution in [0.3, 0.4) is 0 Å². The highest BCUT2D eigenvalue weighted by Crippen LogP contribution is 2.12. The summed E-state index contributed by atoms with van der Waals surface area (Å²) in [6.07, 6.45) is -1.14. The van der Waals surface area contributed by atoms with Crippen molar-refractivity contribution in [2.24, 2.45) is 5.92 Å². The summed E-state index contributed by atoms with van der Waals surface area (Å²) in [5.74, 6) is 0.201. The smallest absolute Gasteiger partial charge is 0.253 e. The molecule has 0 amide bonds. The van der Waals surface area contributed by atoms with Crippen LogP contribution in [0.1, 0.15) is 33.6 Å². The van der Waals surface area contributed by atoms with Gasteiger partial charge in [-0.05, 0) is 12.8 Å². The lowest BCUT2D eigenvalue weighted by Crippen LogP contribution is -2.40. The van der Waals surface area contributed by atoms with Crippen molar-refractivity contribution in [2.45, 2.75) is 52.2 Å². The van der Waals surface area contributed by atoms with E-state index in [1.165, 1.54) is 6.92 Å². The zero-order valence-electron chi connectivity index (χ0n) is 9.13. The zero-order valence-corrected chi connectivity index (χ0v) is 9.13. The van der Waals surface area contributed by atoms with Gasteiger partial charge in [0, 0.05) is 6.54 Å². The van der Waals surface area contributed by atoms with Crippen molar-refractivity contribution in [1.82, 2.24) is 5.32 Å². The van der Waals surface area contributed by atoms with Crippen LogP contribution in [-0.2, 0) is 0 Å². The Balaban J connectivity index is 3.77. The Hall–Kier alpha value is -0.220. The molecule has 2 nitrogen and oxygen atoms in total. The SMILES string of the molecule is CCC(CC)C(O)CNC(C)C(F)F. The molecule has 0 saturated carbocycles. The Morgan fingerprint density at radius 1 is 1.21 bits per heavy atom. The lowest BCUT2D eigenvalue weighted by Gasteiger charge is -2.22. The van der Waals surface area contributed by atoms with E-state index in [9.17, 15) is 13.9 Å². The van der Waals surface area contributed by atoms with Crippen LogP contribution in [0.4, 0.5) is 8.78 Å². The first kappa shape index (κ1) is 13.8. The molecular formula is C10H21F2NO. The monoisotopic (exact) mass is 209 g/mol. The first-order valence-electron chi connectivity index (χ1n) is 5.22. The number of aliphatic hydroxyl groups excluding tert-OH is 1. The van der Waals surface area contributed by atoms with Gasteiger partial charge in [0.05, 0.1) is 12.1 Å². The summed E-state index contributed by atoms with van der Waals surface area (Å²) in [7, 11) is 0. The Kier molecular flexibility index (Phi) is 7.01. The Morgan fingerprint density at radius 2 is 1.71 bits per heavy atom. The van der Waals surface area contributed by atoms with E-state index in [0.29, 0.717) is 0 Å². The van der Waals surface area contributed by atoms with E-state index in [0.717, 1.165) is 12.8 Å². The number of aliphatic hydroxyl groups is 1. The summed E-state index contributed by atoms with van der Waals surface area (Å²) in [4.78, 5) is 0. The van der Waals surface area contributed by atoms with Gasteiger partial charge in [-0.25, -0.2) is 8.78 Å². The van der Waals surface area contributed by atoms with E-state index in [2.05, 4.69) is 5.32 Å². The normalized spacial score (nSPS) is 16.3. The van der Waals surface area contributed by atoms with Gasteiger partial charge in [-0.1, -0.05) is 26.7 Å². The molecule has 86 valence electrons. The van der Waals surface area contributed by atoms with Crippen LogP contribution >= 0.6 is 0 Å². The van der Waals surface area contributed by atoms with Crippen LogP contribution in [0.5, 0.6) is 0 Å². The quantitative estimate of drug-likeness (QED) is 0.672. The highest BCUT2D eigenvalue weighted by atomic mass is 19.3. The van der Waals surface area contributed by atoms with Crippen molar-refractivity contribution in [2.75, 3.05) is 6.54 Å². The average molecular weight is 209 g/mol. The molecule has 0 fully saturated rings. The first-order valence-corrected chi connectivity index (χ1v) is 5.22. The summed E-state index contributed by atoms with van der Waals surface area (Å²) in [6, 6.07) is -0.848. The van der Waals surface area contributed by atoms with Crippen molar-refractivity contribution in [3.05, 3.63) is 0 Å². The van der Waals surface area contributed by atoms with Gasteiger partial charge in [0.2, 0.25) is 0 Å². The molecule has 2 atom stereocenters. The van der Waals surface area contributed by atoms with Gasteiger partial charge < -0.3 is 10.4 Å². The molecule has 0 aliphatic rings. The second-order valence-corrected chi connectivity index (χ2v) is 3.68. The third-order valence-corrected chi connectivity index (χ3v) is 2.62. The molecule has 2 N–H and O–H groups in total. The lowest BCUT2D eigenvalue weighted by molar-refractivity contribution is 0.0718. The van der Waals surface area contributed by atoms with Gasteiger partial charge in [-0.15, -0.1) is 0 Å². The van der Waals surface area contributed by atoms with Crippen molar-refractivity contribution in [1.29, 1.82) is 0 Å². The minimum absolute atomic E-state index is 0.201. The average Bonchev–Trinajstić information content (AvgIpc) is 2.15. The fraction of sp³-hybridized carbons (Fsp3) is 1.00. The standard InChI is InChI=1S/C10H21F2NO/c1-4-8(5-2)9(14)6-13-7(3)10(11)12/h7-10,13-14H,4-6H2,1-3H3. The molecule has 0 aliphatic carbocycles. The second-order valence-electron chi connectivity index (χ2n) is 3.68. The van der Waals surface area contributed by atoms with E-state index in [1.54, 1.807) is 0 Å². The summed E-state index contributed by atoms with van der Waals surface area (Å²) >= 11 is 0. The fourth-order valence-corrected chi connectivity index (χ4v) is 1.40. The number of alkyl halides is 2.